The monoisotopic (exact) mass is 571 g/mol. The van der Waals surface area contributed by atoms with Gasteiger partial charge in [0.25, 0.3) is 17.7 Å². The van der Waals surface area contributed by atoms with Gasteiger partial charge < -0.3 is 25.5 Å². The molecule has 220 valence electrons. The van der Waals surface area contributed by atoms with Gasteiger partial charge in [-0.05, 0) is 36.8 Å². The Morgan fingerprint density at radius 1 is 1.20 bits per heavy atom. The van der Waals surface area contributed by atoms with Gasteiger partial charge in [0.05, 0.1) is 18.7 Å². The number of benzene rings is 1. The van der Waals surface area contributed by atoms with Gasteiger partial charge in [0.2, 0.25) is 0 Å². The Labute approximate surface area is 237 Å². The molecule has 1 saturated carbocycles. The number of nitrogens with one attached hydrogen (secondary N) is 2. The van der Waals surface area contributed by atoms with Crippen molar-refractivity contribution in [2.45, 2.75) is 50.3 Å². The Kier molecular flexibility index (Phi) is 8.74. The number of nitrogens with zero attached hydrogens (tertiary/aromatic N) is 5. The van der Waals surface area contributed by atoms with Crippen LogP contribution in [0.4, 0.5) is 14.6 Å². The summed E-state index contributed by atoms with van der Waals surface area (Å²) in [6.07, 6.45) is 2.80. The van der Waals surface area contributed by atoms with E-state index in [4.69, 9.17) is 4.84 Å². The molecule has 0 radical (unpaired) electrons. The second-order valence-electron chi connectivity index (χ2n) is 10.8. The van der Waals surface area contributed by atoms with Crippen molar-refractivity contribution in [3.63, 3.8) is 0 Å². The van der Waals surface area contributed by atoms with Crippen LogP contribution in [0.1, 0.15) is 40.9 Å². The van der Waals surface area contributed by atoms with Gasteiger partial charge in [0.1, 0.15) is 30.7 Å². The summed E-state index contributed by atoms with van der Waals surface area (Å²) in [7, 11) is 1.33. The molecule has 1 aliphatic carbocycles. The molecular weight excluding hydrogens is 536 g/mol. The normalized spacial score (nSPS) is 21.5. The average molecular weight is 572 g/mol. The Hall–Kier alpha value is -3.71. The van der Waals surface area contributed by atoms with Crippen molar-refractivity contribution in [2.24, 2.45) is 11.1 Å². The number of fused-ring (bicyclic) bond motifs is 1. The number of carbonyl (C=O) groups excluding carboxylic acids is 2. The van der Waals surface area contributed by atoms with Crippen molar-refractivity contribution in [1.29, 1.82) is 0 Å². The quantitative estimate of drug-likeness (QED) is 0.290. The van der Waals surface area contributed by atoms with Crippen molar-refractivity contribution in [3.8, 4) is 0 Å². The molecule has 2 atom stereocenters. The van der Waals surface area contributed by atoms with Gasteiger partial charge in [-0.15, -0.1) is 0 Å². The molecule has 1 aromatic heterocycles. The molecule has 13 heteroatoms. The molecule has 1 aromatic carbocycles. The van der Waals surface area contributed by atoms with Gasteiger partial charge in [-0.25, -0.2) is 18.7 Å². The molecule has 2 aromatic rings. The number of amides is 2. The number of hydrogen-bond acceptors (Lipinski definition) is 9. The lowest BCUT2D eigenvalue weighted by Gasteiger charge is -2.38. The molecule has 2 fully saturated rings. The van der Waals surface area contributed by atoms with E-state index in [0.29, 0.717) is 6.54 Å². The summed E-state index contributed by atoms with van der Waals surface area (Å²) in [6, 6.07) is 8.22. The van der Waals surface area contributed by atoms with Gasteiger partial charge in [-0.1, -0.05) is 29.4 Å². The molecule has 2 aliphatic heterocycles. The number of alkyl halides is 2. The fourth-order valence-electron chi connectivity index (χ4n) is 5.31. The van der Waals surface area contributed by atoms with E-state index in [2.05, 4.69) is 42.8 Å². The van der Waals surface area contributed by atoms with E-state index in [1.54, 1.807) is 0 Å². The fraction of sp³-hybridized carbons (Fsp3) is 0.536. The van der Waals surface area contributed by atoms with E-state index in [9.17, 15) is 14.7 Å². The Bertz CT molecular complexity index is 1290. The maximum Gasteiger partial charge on any atom is 0.285 e. The summed E-state index contributed by atoms with van der Waals surface area (Å²) in [6.45, 7) is 1.33. The molecule has 1 unspecified atom stereocenters. The molecule has 3 aliphatic rings. The van der Waals surface area contributed by atoms with E-state index >= 15 is 8.78 Å². The minimum atomic E-state index is -3.25. The zero-order valence-corrected chi connectivity index (χ0v) is 22.9. The molecule has 3 N–H and O–H groups in total. The fourth-order valence-corrected chi connectivity index (χ4v) is 5.31. The minimum absolute atomic E-state index is 0.0117. The van der Waals surface area contributed by atoms with E-state index < -0.39 is 36.4 Å². The maximum atomic E-state index is 15.1. The van der Waals surface area contributed by atoms with Crippen LogP contribution >= 0.6 is 0 Å². The Balaban J connectivity index is 1.12. The SMILES string of the molecule is CO/N=C(\C(=O)N1CCC(Nc2cc(C(=O)NC[C@H](O)CN3CCc4ccccc4C3)ncn2)C(F)(F)C1)C1CC1. The first-order chi connectivity index (χ1) is 19.7. The Morgan fingerprint density at radius 3 is 2.71 bits per heavy atom. The second kappa shape index (κ2) is 12.4. The highest BCUT2D eigenvalue weighted by molar-refractivity contribution is 6.40. The first-order valence-corrected chi connectivity index (χ1v) is 13.9. The van der Waals surface area contributed by atoms with E-state index in [0.717, 1.165) is 43.6 Å². The summed E-state index contributed by atoms with van der Waals surface area (Å²) in [4.78, 5) is 41.5. The van der Waals surface area contributed by atoms with E-state index in [1.807, 2.05) is 12.1 Å². The first kappa shape index (κ1) is 28.8. The highest BCUT2D eigenvalue weighted by Crippen LogP contribution is 2.34. The number of rotatable bonds is 10. The van der Waals surface area contributed by atoms with Crippen LogP contribution in [-0.2, 0) is 22.6 Å². The number of hydrogen-bond donors (Lipinski definition) is 3. The number of aromatic nitrogens is 2. The third kappa shape index (κ3) is 7.14. The van der Waals surface area contributed by atoms with Gasteiger partial charge in [-0.3, -0.25) is 14.5 Å². The molecule has 0 bridgehead atoms. The number of carbonyl (C=O) groups is 2. The van der Waals surface area contributed by atoms with Gasteiger partial charge in [0.15, 0.2) is 0 Å². The summed E-state index contributed by atoms with van der Waals surface area (Å²) < 4.78 is 30.2. The zero-order chi connectivity index (χ0) is 29.0. The third-order valence-corrected chi connectivity index (χ3v) is 7.66. The lowest BCUT2D eigenvalue weighted by atomic mass is 9.99. The standard InChI is InChI=1S/C28H35F2N7O4/c1-41-35-25(19-6-7-19)27(40)37-11-9-23(28(29,30)16-37)34-24-12-22(32-17-33-24)26(39)31-13-21(38)15-36-10-8-18-4-2-3-5-20(18)14-36/h2-5,12,17,19,21,23,38H,6-11,13-16H2,1H3,(H,31,39)(H,32,33,34)/b35-25-/t21-,23?/m0/s1. The average Bonchev–Trinajstić information content (AvgIpc) is 3.81. The number of oxime groups is 1. The van der Waals surface area contributed by atoms with Crippen LogP contribution in [0.5, 0.6) is 0 Å². The van der Waals surface area contributed by atoms with Crippen molar-refractivity contribution in [1.82, 2.24) is 25.1 Å². The molecule has 0 spiro atoms. The predicted molar refractivity (Wildman–Crippen MR) is 147 cm³/mol. The lowest BCUT2D eigenvalue weighted by Crippen LogP contribution is -2.57. The summed E-state index contributed by atoms with van der Waals surface area (Å²) in [5.41, 5.74) is 2.73. The van der Waals surface area contributed by atoms with Crippen molar-refractivity contribution >= 4 is 23.3 Å². The highest BCUT2D eigenvalue weighted by atomic mass is 19.3. The molecule has 2 amide bonds. The summed E-state index contributed by atoms with van der Waals surface area (Å²) >= 11 is 0. The first-order valence-electron chi connectivity index (χ1n) is 13.9. The molecule has 1 saturated heterocycles. The number of β-amino-alcohol motifs (C(OH)–C–C–N with tert-alkyl or cyclic N) is 1. The summed E-state index contributed by atoms with van der Waals surface area (Å²) in [5, 5.41) is 19.7. The van der Waals surface area contributed by atoms with E-state index in [1.165, 1.54) is 24.3 Å². The number of likely N-dealkylation sites (tertiary alicyclic amines) is 1. The highest BCUT2D eigenvalue weighted by Gasteiger charge is 2.48. The third-order valence-electron chi connectivity index (χ3n) is 7.66. The smallest absolute Gasteiger partial charge is 0.285 e. The van der Waals surface area contributed by atoms with Gasteiger partial charge in [-0.2, -0.15) is 0 Å². The van der Waals surface area contributed by atoms with Crippen molar-refractivity contribution in [2.75, 3.05) is 45.2 Å². The minimum Gasteiger partial charge on any atom is -0.399 e. The number of halogens is 2. The predicted octanol–water partition coefficient (Wildman–Crippen LogP) is 1.69. The number of aliphatic hydroxyl groups is 1. The Morgan fingerprint density at radius 2 is 1.98 bits per heavy atom. The molecule has 41 heavy (non-hydrogen) atoms. The van der Waals surface area contributed by atoms with Crippen LogP contribution < -0.4 is 10.6 Å². The van der Waals surface area contributed by atoms with Crippen LogP contribution in [0.2, 0.25) is 0 Å². The van der Waals surface area contributed by atoms with Gasteiger partial charge >= 0.3 is 0 Å². The number of anilines is 1. The largest absolute Gasteiger partial charge is 0.399 e. The molecule has 11 nitrogen and oxygen atoms in total. The van der Waals surface area contributed by atoms with Crippen molar-refractivity contribution in [3.05, 3.63) is 53.5 Å². The molecule has 5 rings (SSSR count). The second-order valence-corrected chi connectivity index (χ2v) is 10.8. The maximum absolute atomic E-state index is 15.1. The van der Waals surface area contributed by atoms with Gasteiger partial charge in [0, 0.05) is 44.7 Å². The number of aliphatic hydroxyl groups excluding tert-OH is 1. The van der Waals surface area contributed by atoms with Crippen LogP contribution in [0.15, 0.2) is 41.8 Å². The topological polar surface area (TPSA) is 132 Å². The summed E-state index contributed by atoms with van der Waals surface area (Å²) in [5.74, 6) is -4.29. The van der Waals surface area contributed by atoms with Crippen LogP contribution in [0.25, 0.3) is 0 Å². The van der Waals surface area contributed by atoms with Crippen molar-refractivity contribution < 1.29 is 28.3 Å². The van der Waals surface area contributed by atoms with Crippen LogP contribution in [0.3, 0.4) is 0 Å². The number of piperidine rings is 1. The van der Waals surface area contributed by atoms with E-state index in [-0.39, 0.29) is 42.7 Å². The molecular formula is C28H35F2N7O4. The van der Waals surface area contributed by atoms with Crippen LogP contribution in [-0.4, -0.2) is 100 Å². The zero-order valence-electron chi connectivity index (χ0n) is 22.9. The van der Waals surface area contributed by atoms with Crippen LogP contribution in [0, 0.1) is 5.92 Å². The lowest BCUT2D eigenvalue weighted by molar-refractivity contribution is -0.136. The molecule has 3 heterocycles.